The lowest BCUT2D eigenvalue weighted by molar-refractivity contribution is -0.123. The average Bonchev–Trinajstić information content (AvgIpc) is 3.53. The Balaban J connectivity index is 1.60. The highest BCUT2D eigenvalue weighted by molar-refractivity contribution is 5.95. The van der Waals surface area contributed by atoms with Crippen LogP contribution in [-0.4, -0.2) is 65.1 Å². The largest absolute Gasteiger partial charge is 0.462 e. The number of nitrogens with zero attached hydrogens (tertiary/aromatic N) is 3. The first-order chi connectivity index (χ1) is 19.3. The molecular weight excluding hydrogens is 537 g/mol. The molecule has 12 nitrogen and oxygen atoms in total. The van der Waals surface area contributed by atoms with E-state index in [0.717, 1.165) is 6.07 Å². The van der Waals surface area contributed by atoms with Crippen molar-refractivity contribution in [1.29, 1.82) is 0 Å². The van der Waals surface area contributed by atoms with Crippen LogP contribution < -0.4 is 21.0 Å². The lowest BCUT2D eigenvalue weighted by Crippen LogP contribution is -2.50. The summed E-state index contributed by atoms with van der Waals surface area (Å²) >= 11 is 0. The maximum absolute atomic E-state index is 15.5. The molecule has 0 bridgehead atoms. The van der Waals surface area contributed by atoms with Gasteiger partial charge in [-0.3, -0.25) is 14.2 Å². The number of benzene rings is 1. The minimum absolute atomic E-state index is 0.0288. The van der Waals surface area contributed by atoms with Gasteiger partial charge in [0.25, 0.3) is 0 Å². The van der Waals surface area contributed by atoms with Gasteiger partial charge in [-0.05, 0) is 52.7 Å². The Kier molecular flexibility index (Phi) is 8.36. The Morgan fingerprint density at radius 1 is 1.24 bits per heavy atom. The van der Waals surface area contributed by atoms with Gasteiger partial charge in [-0.25, -0.2) is 14.0 Å². The number of hydrogen-bond acceptors (Lipinski definition) is 9. The minimum atomic E-state index is -0.853. The smallest absolute Gasteiger partial charge is 0.408 e. The van der Waals surface area contributed by atoms with Gasteiger partial charge in [0.15, 0.2) is 5.82 Å². The highest BCUT2D eigenvalue weighted by Crippen LogP contribution is 2.31. The predicted octanol–water partition coefficient (Wildman–Crippen LogP) is 3.15. The molecule has 3 aromatic rings. The summed E-state index contributed by atoms with van der Waals surface area (Å²) in [6, 6.07) is 2.95. The van der Waals surface area contributed by atoms with Crippen molar-refractivity contribution in [3.63, 3.8) is 0 Å². The molecule has 2 aromatic heterocycles. The molecule has 0 radical (unpaired) electrons. The van der Waals surface area contributed by atoms with E-state index in [4.69, 9.17) is 14.0 Å². The number of esters is 1. The molecule has 2 amide bonds. The van der Waals surface area contributed by atoms with E-state index in [2.05, 4.69) is 15.8 Å². The van der Waals surface area contributed by atoms with Gasteiger partial charge in [-0.2, -0.15) is 0 Å². The Morgan fingerprint density at radius 3 is 2.61 bits per heavy atom. The molecule has 3 atom stereocenters. The van der Waals surface area contributed by atoms with Crippen LogP contribution >= 0.6 is 0 Å². The zero-order valence-electron chi connectivity index (χ0n) is 23.8. The van der Waals surface area contributed by atoms with E-state index in [1.54, 1.807) is 39.5 Å². The molecule has 0 saturated carbocycles. The van der Waals surface area contributed by atoms with Gasteiger partial charge in [0, 0.05) is 25.4 Å². The molecule has 4 rings (SSSR count). The average molecular weight is 572 g/mol. The standard InChI is InChI=1S/C28H34FN5O7/c1-7-39-26(37)18-13-34(23-8-9-40-32-23)21-11-22(19(29)10-17(21)24(18)35)33-12-15(2)20(14-33)31-25(36)16(3)30-27(38)41-28(4,5)6/h8-11,13,15-16,20H,7,12,14H2,1-6H3,(H,30,38)(H,31,36)/t15-,16?,20+/m0/s1. The number of fused-ring (bicyclic) bond motifs is 1. The van der Waals surface area contributed by atoms with E-state index in [1.165, 1.54) is 29.2 Å². The number of amides is 2. The van der Waals surface area contributed by atoms with Crippen LogP contribution in [0.3, 0.4) is 0 Å². The number of carbonyl (C=O) groups excluding carboxylic acids is 3. The second-order valence-electron chi connectivity index (χ2n) is 11.0. The van der Waals surface area contributed by atoms with Gasteiger partial charge in [-0.15, -0.1) is 0 Å². The van der Waals surface area contributed by atoms with Gasteiger partial charge >= 0.3 is 12.1 Å². The van der Waals surface area contributed by atoms with Gasteiger partial charge in [-0.1, -0.05) is 12.1 Å². The van der Waals surface area contributed by atoms with E-state index in [1.807, 2.05) is 6.92 Å². The number of carbonyl (C=O) groups is 3. The summed E-state index contributed by atoms with van der Waals surface area (Å²) in [5.41, 5.74) is -1.12. The van der Waals surface area contributed by atoms with Crippen molar-refractivity contribution in [1.82, 2.24) is 20.4 Å². The fraction of sp³-hybridized carbons (Fsp3) is 0.464. The van der Waals surface area contributed by atoms with Crippen LogP contribution in [-0.2, 0) is 14.3 Å². The summed E-state index contributed by atoms with van der Waals surface area (Å²) in [7, 11) is 0. The fourth-order valence-corrected chi connectivity index (χ4v) is 4.66. The summed E-state index contributed by atoms with van der Waals surface area (Å²) in [6.45, 7) is 11.0. The molecule has 1 aromatic carbocycles. The molecule has 3 heterocycles. The van der Waals surface area contributed by atoms with Crippen molar-refractivity contribution >= 4 is 34.6 Å². The molecule has 1 fully saturated rings. The number of halogens is 1. The molecule has 2 N–H and O–H groups in total. The van der Waals surface area contributed by atoms with E-state index in [-0.39, 0.29) is 47.6 Å². The lowest BCUT2D eigenvalue weighted by atomic mass is 10.1. The summed E-state index contributed by atoms with van der Waals surface area (Å²) in [6.07, 6.45) is 1.93. The van der Waals surface area contributed by atoms with Crippen LogP contribution in [0.2, 0.25) is 0 Å². The second-order valence-corrected chi connectivity index (χ2v) is 11.0. The first-order valence-electron chi connectivity index (χ1n) is 13.3. The third-order valence-electron chi connectivity index (χ3n) is 6.65. The molecule has 1 aliphatic heterocycles. The quantitative estimate of drug-likeness (QED) is 0.409. The predicted molar refractivity (Wildman–Crippen MR) is 148 cm³/mol. The summed E-state index contributed by atoms with van der Waals surface area (Å²) in [4.78, 5) is 52.3. The summed E-state index contributed by atoms with van der Waals surface area (Å²) < 4.78 is 32.2. The van der Waals surface area contributed by atoms with Crippen molar-refractivity contribution in [2.45, 2.75) is 59.2 Å². The van der Waals surface area contributed by atoms with Crippen LogP contribution in [0, 0.1) is 11.7 Å². The molecule has 41 heavy (non-hydrogen) atoms. The molecule has 0 spiro atoms. The Bertz CT molecular complexity index is 1510. The number of pyridine rings is 1. The van der Waals surface area contributed by atoms with Gasteiger partial charge in [0.05, 0.1) is 29.2 Å². The Morgan fingerprint density at radius 2 is 1.98 bits per heavy atom. The molecule has 1 unspecified atom stereocenters. The number of nitrogens with one attached hydrogen (secondary N) is 2. The van der Waals surface area contributed by atoms with Gasteiger partial charge in [0.1, 0.15) is 29.3 Å². The van der Waals surface area contributed by atoms with Crippen molar-refractivity contribution in [3.05, 3.63) is 52.3 Å². The van der Waals surface area contributed by atoms with E-state index in [0.29, 0.717) is 12.1 Å². The van der Waals surface area contributed by atoms with Crippen LogP contribution in [0.25, 0.3) is 16.7 Å². The molecule has 220 valence electrons. The number of anilines is 1. The van der Waals surface area contributed by atoms with Crippen molar-refractivity contribution in [2.75, 3.05) is 24.6 Å². The number of ether oxygens (including phenoxy) is 2. The van der Waals surface area contributed by atoms with Crippen molar-refractivity contribution in [3.8, 4) is 5.82 Å². The van der Waals surface area contributed by atoms with E-state index in [9.17, 15) is 19.2 Å². The number of rotatable bonds is 7. The number of hydrogen-bond donors (Lipinski definition) is 2. The zero-order valence-corrected chi connectivity index (χ0v) is 23.8. The normalized spacial score (nSPS) is 17.8. The van der Waals surface area contributed by atoms with Crippen LogP contribution in [0.4, 0.5) is 14.9 Å². The van der Waals surface area contributed by atoms with Crippen LogP contribution in [0.5, 0.6) is 0 Å². The summed E-state index contributed by atoms with van der Waals surface area (Å²) in [5.74, 6) is -1.68. The fourth-order valence-electron chi connectivity index (χ4n) is 4.66. The zero-order chi connectivity index (χ0) is 30.1. The topological polar surface area (TPSA) is 145 Å². The van der Waals surface area contributed by atoms with Crippen molar-refractivity contribution < 1.29 is 32.8 Å². The Hall–Kier alpha value is -4.42. The number of alkyl carbamates (subject to hydrolysis) is 1. The SMILES string of the molecule is CCOC(=O)c1cn(-c2ccon2)c2cc(N3C[C@H](C)[C@H](NC(=O)C(C)NC(=O)OC(C)(C)C)C3)c(F)cc2c1=O. The highest BCUT2D eigenvalue weighted by Gasteiger charge is 2.34. The molecule has 1 saturated heterocycles. The number of aromatic nitrogens is 2. The molecule has 1 aliphatic rings. The molecule has 0 aliphatic carbocycles. The Labute approximate surface area is 235 Å². The molecule has 13 heteroatoms. The van der Waals surface area contributed by atoms with E-state index < -0.39 is 40.9 Å². The third kappa shape index (κ3) is 6.50. The monoisotopic (exact) mass is 571 g/mol. The highest BCUT2D eigenvalue weighted by atomic mass is 19.1. The second kappa shape index (κ2) is 11.6. The van der Waals surface area contributed by atoms with Crippen molar-refractivity contribution in [2.24, 2.45) is 5.92 Å². The molecular formula is C28H34FN5O7. The van der Waals surface area contributed by atoms with E-state index >= 15 is 4.39 Å². The van der Waals surface area contributed by atoms with Crippen LogP contribution in [0.1, 0.15) is 51.9 Å². The first kappa shape index (κ1) is 29.6. The maximum Gasteiger partial charge on any atom is 0.408 e. The van der Waals surface area contributed by atoms with Crippen LogP contribution in [0.15, 0.2) is 40.0 Å². The van der Waals surface area contributed by atoms with Gasteiger partial charge < -0.3 is 29.5 Å². The summed E-state index contributed by atoms with van der Waals surface area (Å²) in [5, 5.41) is 9.33. The first-order valence-corrected chi connectivity index (χ1v) is 13.3. The minimum Gasteiger partial charge on any atom is -0.462 e. The van der Waals surface area contributed by atoms with Gasteiger partial charge in [0.2, 0.25) is 11.3 Å². The lowest BCUT2D eigenvalue weighted by Gasteiger charge is -2.23. The maximum atomic E-state index is 15.5. The third-order valence-corrected chi connectivity index (χ3v) is 6.65.